The number of morpholine rings is 1. The third kappa shape index (κ3) is 1.55. The predicted octanol–water partition coefficient (Wildman–Crippen LogP) is 0.794. The van der Waals surface area contributed by atoms with Gasteiger partial charge in [0, 0.05) is 18.8 Å². The van der Waals surface area contributed by atoms with Crippen LogP contribution in [-0.2, 0) is 4.74 Å². The van der Waals surface area contributed by atoms with Gasteiger partial charge in [0.25, 0.3) is 0 Å². The summed E-state index contributed by atoms with van der Waals surface area (Å²) in [5, 5.41) is 10.6. The maximum atomic E-state index is 5.32. The Hall–Kier alpha value is -1.62. The molecule has 0 unspecified atom stereocenters. The summed E-state index contributed by atoms with van der Waals surface area (Å²) in [6, 6.07) is 6.16. The van der Waals surface area contributed by atoms with Crippen molar-refractivity contribution >= 4 is 16.7 Å². The largest absolute Gasteiger partial charge is 0.378 e. The average Bonchev–Trinajstić information content (AvgIpc) is 2.77. The lowest BCUT2D eigenvalue weighted by atomic mass is 10.2. The summed E-state index contributed by atoms with van der Waals surface area (Å²) in [5.74, 6) is 0. The molecule has 1 N–H and O–H groups in total. The van der Waals surface area contributed by atoms with E-state index < -0.39 is 0 Å². The first-order valence-electron chi connectivity index (χ1n) is 5.07. The van der Waals surface area contributed by atoms with Gasteiger partial charge in [-0.1, -0.05) is 5.21 Å². The molecule has 0 atom stereocenters. The molecule has 1 fully saturated rings. The van der Waals surface area contributed by atoms with Crippen molar-refractivity contribution in [3.63, 3.8) is 0 Å². The first-order chi connectivity index (χ1) is 7.43. The fraction of sp³-hybridized carbons (Fsp3) is 0.400. The summed E-state index contributed by atoms with van der Waals surface area (Å²) in [6.07, 6.45) is 0. The maximum Gasteiger partial charge on any atom is 0.114 e. The number of hydrogen-bond donors (Lipinski definition) is 1. The second-order valence-corrected chi connectivity index (χ2v) is 3.61. The van der Waals surface area contributed by atoms with Gasteiger partial charge >= 0.3 is 0 Å². The number of aromatic amines is 1. The Kier molecular flexibility index (Phi) is 2.03. The molecule has 1 aliphatic rings. The summed E-state index contributed by atoms with van der Waals surface area (Å²) in [6.45, 7) is 3.50. The van der Waals surface area contributed by atoms with E-state index in [9.17, 15) is 0 Å². The van der Waals surface area contributed by atoms with E-state index in [2.05, 4.69) is 32.4 Å². The molecular weight excluding hydrogens is 192 g/mol. The number of nitrogens with zero attached hydrogens (tertiary/aromatic N) is 3. The topological polar surface area (TPSA) is 54.0 Å². The lowest BCUT2D eigenvalue weighted by Gasteiger charge is -2.28. The molecule has 0 saturated carbocycles. The molecule has 0 radical (unpaired) electrons. The molecule has 0 bridgehead atoms. The third-order valence-corrected chi connectivity index (χ3v) is 2.69. The van der Waals surface area contributed by atoms with Gasteiger partial charge in [-0.2, -0.15) is 0 Å². The standard InChI is InChI=1S/C10H12N4O/c1-2-9-10(12-13-11-9)7-8(1)14-3-5-15-6-4-14/h1-2,7H,3-6H2,(H,11,12,13). The van der Waals surface area contributed by atoms with Gasteiger partial charge < -0.3 is 9.64 Å². The SMILES string of the molecule is c1cc2[nH]nnc2cc1N1CCOCC1. The highest BCUT2D eigenvalue weighted by atomic mass is 16.5. The summed E-state index contributed by atoms with van der Waals surface area (Å²) in [5.41, 5.74) is 3.09. The van der Waals surface area contributed by atoms with Gasteiger partial charge in [-0.05, 0) is 18.2 Å². The smallest absolute Gasteiger partial charge is 0.114 e. The second kappa shape index (κ2) is 3.51. The third-order valence-electron chi connectivity index (χ3n) is 2.69. The Labute approximate surface area is 87.0 Å². The minimum absolute atomic E-state index is 0.802. The highest BCUT2D eigenvalue weighted by Gasteiger charge is 2.11. The van der Waals surface area contributed by atoms with E-state index >= 15 is 0 Å². The zero-order valence-corrected chi connectivity index (χ0v) is 8.31. The van der Waals surface area contributed by atoms with Gasteiger partial charge in [-0.25, -0.2) is 0 Å². The lowest BCUT2D eigenvalue weighted by Crippen LogP contribution is -2.36. The van der Waals surface area contributed by atoms with E-state index in [1.807, 2.05) is 6.07 Å². The zero-order chi connectivity index (χ0) is 10.1. The molecule has 2 heterocycles. The minimum Gasteiger partial charge on any atom is -0.378 e. The molecule has 1 aromatic carbocycles. The predicted molar refractivity (Wildman–Crippen MR) is 56.9 cm³/mol. The van der Waals surface area contributed by atoms with Crippen molar-refractivity contribution in [3.05, 3.63) is 18.2 Å². The summed E-state index contributed by atoms with van der Waals surface area (Å²) >= 11 is 0. The van der Waals surface area contributed by atoms with Crippen LogP contribution in [0.25, 0.3) is 11.0 Å². The fourth-order valence-corrected chi connectivity index (χ4v) is 1.85. The highest BCUT2D eigenvalue weighted by molar-refractivity contribution is 5.78. The molecule has 78 valence electrons. The van der Waals surface area contributed by atoms with Gasteiger partial charge in [0.1, 0.15) is 5.52 Å². The Morgan fingerprint density at radius 3 is 3.00 bits per heavy atom. The zero-order valence-electron chi connectivity index (χ0n) is 8.31. The molecule has 5 heteroatoms. The second-order valence-electron chi connectivity index (χ2n) is 3.61. The maximum absolute atomic E-state index is 5.32. The molecule has 0 spiro atoms. The van der Waals surface area contributed by atoms with E-state index in [0.717, 1.165) is 37.3 Å². The van der Waals surface area contributed by atoms with E-state index in [0.29, 0.717) is 0 Å². The fourth-order valence-electron chi connectivity index (χ4n) is 1.85. The van der Waals surface area contributed by atoms with Gasteiger partial charge in [0.05, 0.1) is 18.7 Å². The summed E-state index contributed by atoms with van der Waals surface area (Å²) in [4.78, 5) is 2.30. The van der Waals surface area contributed by atoms with Crippen molar-refractivity contribution in [2.24, 2.45) is 0 Å². The van der Waals surface area contributed by atoms with Crippen LogP contribution in [0.3, 0.4) is 0 Å². The van der Waals surface area contributed by atoms with Crippen molar-refractivity contribution in [2.75, 3.05) is 31.2 Å². The number of anilines is 1. The van der Waals surface area contributed by atoms with Gasteiger partial charge in [-0.15, -0.1) is 5.10 Å². The van der Waals surface area contributed by atoms with Crippen LogP contribution in [0.5, 0.6) is 0 Å². The van der Waals surface area contributed by atoms with E-state index in [4.69, 9.17) is 4.74 Å². The van der Waals surface area contributed by atoms with Crippen LogP contribution in [0.4, 0.5) is 5.69 Å². The van der Waals surface area contributed by atoms with E-state index in [-0.39, 0.29) is 0 Å². The molecule has 1 saturated heterocycles. The van der Waals surface area contributed by atoms with Crippen LogP contribution in [0, 0.1) is 0 Å². The van der Waals surface area contributed by atoms with Crippen LogP contribution < -0.4 is 4.90 Å². The molecule has 5 nitrogen and oxygen atoms in total. The molecule has 15 heavy (non-hydrogen) atoms. The molecule has 2 aromatic rings. The molecular formula is C10H12N4O. The Balaban J connectivity index is 1.95. The highest BCUT2D eigenvalue weighted by Crippen LogP contribution is 2.19. The number of aromatic nitrogens is 3. The van der Waals surface area contributed by atoms with Crippen molar-refractivity contribution in [3.8, 4) is 0 Å². The Bertz CT molecular complexity index is 461. The number of ether oxygens (including phenoxy) is 1. The van der Waals surface area contributed by atoms with Crippen molar-refractivity contribution in [2.45, 2.75) is 0 Å². The minimum atomic E-state index is 0.802. The number of H-pyrrole nitrogens is 1. The number of hydrogen-bond acceptors (Lipinski definition) is 4. The number of rotatable bonds is 1. The first-order valence-corrected chi connectivity index (χ1v) is 5.07. The van der Waals surface area contributed by atoms with Crippen molar-refractivity contribution in [1.82, 2.24) is 15.4 Å². The average molecular weight is 204 g/mol. The van der Waals surface area contributed by atoms with E-state index in [1.54, 1.807) is 0 Å². The van der Waals surface area contributed by atoms with Crippen LogP contribution in [-0.4, -0.2) is 41.7 Å². The Morgan fingerprint density at radius 1 is 1.27 bits per heavy atom. The molecule has 0 amide bonds. The van der Waals surface area contributed by atoms with Crippen LogP contribution in [0.1, 0.15) is 0 Å². The van der Waals surface area contributed by atoms with Crippen LogP contribution in [0.2, 0.25) is 0 Å². The molecule has 1 aromatic heterocycles. The number of benzene rings is 1. The van der Waals surface area contributed by atoms with Crippen LogP contribution >= 0.6 is 0 Å². The summed E-state index contributed by atoms with van der Waals surface area (Å²) < 4.78 is 5.32. The molecule has 3 rings (SSSR count). The van der Waals surface area contributed by atoms with Crippen LogP contribution in [0.15, 0.2) is 18.2 Å². The Morgan fingerprint density at radius 2 is 2.13 bits per heavy atom. The van der Waals surface area contributed by atoms with Crippen molar-refractivity contribution < 1.29 is 4.74 Å². The van der Waals surface area contributed by atoms with Gasteiger partial charge in [-0.3, -0.25) is 5.10 Å². The van der Waals surface area contributed by atoms with Gasteiger partial charge in [0.2, 0.25) is 0 Å². The first kappa shape index (κ1) is 8.67. The summed E-state index contributed by atoms with van der Waals surface area (Å²) in [7, 11) is 0. The molecule has 1 aliphatic heterocycles. The molecule has 0 aliphatic carbocycles. The van der Waals surface area contributed by atoms with Gasteiger partial charge in [0.15, 0.2) is 0 Å². The lowest BCUT2D eigenvalue weighted by molar-refractivity contribution is 0.122. The van der Waals surface area contributed by atoms with Crippen molar-refractivity contribution in [1.29, 1.82) is 0 Å². The van der Waals surface area contributed by atoms with E-state index in [1.165, 1.54) is 5.69 Å². The number of fused-ring (bicyclic) bond motifs is 1. The monoisotopic (exact) mass is 204 g/mol. The number of nitrogens with one attached hydrogen (secondary N) is 1. The quantitative estimate of drug-likeness (QED) is 0.746. The normalized spacial score (nSPS) is 17.2.